The average Bonchev–Trinajstić information content (AvgIpc) is 2.44. The molecule has 0 aliphatic carbocycles. The maximum absolute atomic E-state index is 13.8. The molecule has 0 bridgehead atoms. The van der Waals surface area contributed by atoms with Gasteiger partial charge in [-0.3, -0.25) is 0 Å². The molecule has 1 unspecified atom stereocenters. The minimum absolute atomic E-state index is 0.174. The maximum atomic E-state index is 13.8. The van der Waals surface area contributed by atoms with Gasteiger partial charge in [0.15, 0.2) is 0 Å². The van der Waals surface area contributed by atoms with Crippen LogP contribution in [0, 0.1) is 17.5 Å². The second-order valence-corrected chi connectivity index (χ2v) is 5.58. The first-order chi connectivity index (χ1) is 10.0. The Hall–Kier alpha value is -1.33. The first-order valence-corrected chi connectivity index (χ1v) is 7.42. The molecule has 0 aliphatic heterocycles. The zero-order chi connectivity index (χ0) is 15.4. The summed E-state index contributed by atoms with van der Waals surface area (Å²) >= 11 is 3.15. The Balaban J connectivity index is 2.28. The minimum atomic E-state index is -0.597. The monoisotopic (exact) mass is 357 g/mol. The lowest BCUT2D eigenvalue weighted by atomic mass is 9.98. The van der Waals surface area contributed by atoms with Crippen molar-refractivity contribution < 1.29 is 13.2 Å². The normalized spacial score (nSPS) is 12.4. The van der Waals surface area contributed by atoms with Gasteiger partial charge in [0.2, 0.25) is 0 Å². The Morgan fingerprint density at radius 1 is 1.05 bits per heavy atom. The van der Waals surface area contributed by atoms with Gasteiger partial charge in [0, 0.05) is 12.1 Å². The molecule has 21 heavy (non-hydrogen) atoms. The highest BCUT2D eigenvalue weighted by atomic mass is 79.9. The smallest absolute Gasteiger partial charge is 0.137 e. The third-order valence-corrected chi connectivity index (χ3v) is 3.84. The summed E-state index contributed by atoms with van der Waals surface area (Å²) in [5.41, 5.74) is 1.26. The van der Waals surface area contributed by atoms with E-state index in [2.05, 4.69) is 21.2 Å². The highest BCUT2D eigenvalue weighted by Crippen LogP contribution is 2.25. The third kappa shape index (κ3) is 4.08. The van der Waals surface area contributed by atoms with Crippen molar-refractivity contribution in [1.82, 2.24) is 5.32 Å². The van der Waals surface area contributed by atoms with Gasteiger partial charge in [0.25, 0.3) is 0 Å². The van der Waals surface area contributed by atoms with E-state index in [-0.39, 0.29) is 11.9 Å². The fourth-order valence-corrected chi connectivity index (χ4v) is 2.59. The van der Waals surface area contributed by atoms with Crippen molar-refractivity contribution >= 4 is 15.9 Å². The highest BCUT2D eigenvalue weighted by Gasteiger charge is 2.15. The van der Waals surface area contributed by atoms with E-state index >= 15 is 0 Å². The van der Waals surface area contributed by atoms with Gasteiger partial charge < -0.3 is 5.32 Å². The molecule has 1 nitrogen and oxygen atoms in total. The van der Waals surface area contributed by atoms with E-state index in [9.17, 15) is 13.2 Å². The molecule has 0 aromatic heterocycles. The first-order valence-electron chi connectivity index (χ1n) is 6.63. The van der Waals surface area contributed by atoms with Crippen LogP contribution in [-0.4, -0.2) is 6.54 Å². The van der Waals surface area contributed by atoms with Gasteiger partial charge in [0.1, 0.15) is 17.5 Å². The van der Waals surface area contributed by atoms with Crippen LogP contribution in [0.15, 0.2) is 40.9 Å². The molecule has 0 amide bonds. The fraction of sp³-hybridized carbons (Fsp3) is 0.250. The number of hydrogen-bond donors (Lipinski definition) is 1. The van der Waals surface area contributed by atoms with E-state index in [1.54, 1.807) is 12.1 Å². The largest absolute Gasteiger partial charge is 0.310 e. The average molecular weight is 358 g/mol. The lowest BCUT2D eigenvalue weighted by Gasteiger charge is -2.19. The summed E-state index contributed by atoms with van der Waals surface area (Å²) in [5, 5.41) is 3.23. The van der Waals surface area contributed by atoms with Gasteiger partial charge in [-0.15, -0.1) is 0 Å². The zero-order valence-corrected chi connectivity index (χ0v) is 13.1. The Morgan fingerprint density at radius 3 is 2.43 bits per heavy atom. The lowest BCUT2D eigenvalue weighted by Crippen LogP contribution is -2.23. The predicted molar refractivity (Wildman–Crippen MR) is 80.6 cm³/mol. The van der Waals surface area contributed by atoms with E-state index < -0.39 is 11.6 Å². The van der Waals surface area contributed by atoms with Crippen LogP contribution in [0.3, 0.4) is 0 Å². The number of nitrogens with one attached hydrogen (secondary N) is 1. The molecule has 1 N–H and O–H groups in total. The van der Waals surface area contributed by atoms with E-state index in [0.29, 0.717) is 23.0 Å². The number of benzene rings is 2. The molecule has 0 aliphatic rings. The van der Waals surface area contributed by atoms with Crippen molar-refractivity contribution in [3.63, 3.8) is 0 Å². The summed E-state index contributed by atoms with van der Waals surface area (Å²) in [7, 11) is 0. The predicted octanol–water partition coefficient (Wildman–Crippen LogP) is 4.76. The molecule has 2 rings (SSSR count). The van der Waals surface area contributed by atoms with Gasteiger partial charge in [-0.25, -0.2) is 13.2 Å². The van der Waals surface area contributed by atoms with Crippen LogP contribution < -0.4 is 5.32 Å². The lowest BCUT2D eigenvalue weighted by molar-refractivity contribution is 0.519. The third-order valence-electron chi connectivity index (χ3n) is 3.24. The molecule has 0 saturated heterocycles. The van der Waals surface area contributed by atoms with Crippen LogP contribution in [0.4, 0.5) is 13.2 Å². The SMILES string of the molecule is CCNC(Cc1ccc(F)cc1F)c1ccc(F)c(Br)c1. The Kier molecular flexibility index (Phi) is 5.42. The second-order valence-electron chi connectivity index (χ2n) is 4.72. The maximum Gasteiger partial charge on any atom is 0.137 e. The Labute approximate surface area is 130 Å². The molecule has 2 aromatic carbocycles. The molecular formula is C16H15BrF3N. The summed E-state index contributed by atoms with van der Waals surface area (Å²) in [5.74, 6) is -1.51. The van der Waals surface area contributed by atoms with E-state index in [0.717, 1.165) is 11.6 Å². The Bertz CT molecular complexity index is 631. The summed E-state index contributed by atoms with van der Waals surface area (Å²) in [4.78, 5) is 0. The van der Waals surface area contributed by atoms with Gasteiger partial charge >= 0.3 is 0 Å². The second kappa shape index (κ2) is 7.09. The van der Waals surface area contributed by atoms with Crippen LogP contribution in [0.5, 0.6) is 0 Å². The molecule has 0 saturated carbocycles. The topological polar surface area (TPSA) is 12.0 Å². The molecule has 2 aromatic rings. The van der Waals surface area contributed by atoms with Crippen molar-refractivity contribution in [2.45, 2.75) is 19.4 Å². The summed E-state index contributed by atoms with van der Waals surface area (Å²) in [6.45, 7) is 2.62. The summed E-state index contributed by atoms with van der Waals surface area (Å²) in [6, 6.07) is 8.07. The van der Waals surface area contributed by atoms with Gasteiger partial charge in [-0.1, -0.05) is 19.1 Å². The van der Waals surface area contributed by atoms with Gasteiger partial charge in [-0.2, -0.15) is 0 Å². The van der Waals surface area contributed by atoms with Crippen LogP contribution in [0.25, 0.3) is 0 Å². The fourth-order valence-electron chi connectivity index (χ4n) is 2.19. The molecule has 0 heterocycles. The van der Waals surface area contributed by atoms with Crippen LogP contribution in [0.1, 0.15) is 24.1 Å². The van der Waals surface area contributed by atoms with E-state index in [1.807, 2.05) is 6.92 Å². The van der Waals surface area contributed by atoms with Crippen LogP contribution >= 0.6 is 15.9 Å². The van der Waals surface area contributed by atoms with Crippen molar-refractivity contribution in [2.75, 3.05) is 6.54 Å². The molecule has 112 valence electrons. The van der Waals surface area contributed by atoms with Crippen LogP contribution in [0.2, 0.25) is 0 Å². The molecule has 1 atom stereocenters. The molecule has 0 spiro atoms. The Morgan fingerprint density at radius 2 is 1.81 bits per heavy atom. The van der Waals surface area contributed by atoms with E-state index in [1.165, 1.54) is 18.2 Å². The number of rotatable bonds is 5. The number of likely N-dealkylation sites (N-methyl/N-ethyl adjacent to an activating group) is 1. The van der Waals surface area contributed by atoms with E-state index in [4.69, 9.17) is 0 Å². The molecule has 5 heteroatoms. The van der Waals surface area contributed by atoms with Crippen LogP contribution in [-0.2, 0) is 6.42 Å². The van der Waals surface area contributed by atoms with Gasteiger partial charge in [-0.05, 0) is 58.2 Å². The van der Waals surface area contributed by atoms with Crippen molar-refractivity contribution in [1.29, 1.82) is 0 Å². The zero-order valence-electron chi connectivity index (χ0n) is 11.5. The quantitative estimate of drug-likeness (QED) is 0.813. The summed E-state index contributed by atoms with van der Waals surface area (Å²) in [6.07, 6.45) is 0.359. The number of halogens is 4. The highest BCUT2D eigenvalue weighted by molar-refractivity contribution is 9.10. The molecular weight excluding hydrogens is 343 g/mol. The van der Waals surface area contributed by atoms with Gasteiger partial charge in [0.05, 0.1) is 4.47 Å². The summed E-state index contributed by atoms with van der Waals surface area (Å²) < 4.78 is 40.4. The van der Waals surface area contributed by atoms with Crippen molar-refractivity contribution in [2.24, 2.45) is 0 Å². The van der Waals surface area contributed by atoms with Crippen molar-refractivity contribution in [3.05, 3.63) is 69.4 Å². The minimum Gasteiger partial charge on any atom is -0.310 e. The first kappa shape index (κ1) is 16.0. The number of hydrogen-bond acceptors (Lipinski definition) is 1. The molecule has 0 fully saturated rings. The molecule has 0 radical (unpaired) electrons. The standard InChI is InChI=1S/C16H15BrF3N/c1-2-21-16(11-4-6-14(19)13(17)7-11)8-10-3-5-12(18)9-15(10)20/h3-7,9,16,21H,2,8H2,1H3. The van der Waals surface area contributed by atoms with Crippen molar-refractivity contribution in [3.8, 4) is 0 Å².